The van der Waals surface area contributed by atoms with Crippen LogP contribution in [0.15, 0.2) is 23.1 Å². The molecule has 0 fully saturated rings. The molecular weight excluding hydrogens is 361 g/mol. The van der Waals surface area contributed by atoms with Crippen LogP contribution in [-0.4, -0.2) is 39.6 Å². The van der Waals surface area contributed by atoms with Gasteiger partial charge in [0.2, 0.25) is 15.9 Å². The lowest BCUT2D eigenvalue weighted by molar-refractivity contribution is -0.118. The van der Waals surface area contributed by atoms with Gasteiger partial charge in [-0.15, -0.1) is 12.4 Å². The van der Waals surface area contributed by atoms with Crippen molar-refractivity contribution in [1.29, 1.82) is 0 Å². The van der Waals surface area contributed by atoms with Gasteiger partial charge in [-0.2, -0.15) is 0 Å². The number of nitrogens with one attached hydrogen (secondary N) is 2. The number of ether oxygens (including phenoxy) is 1. The second-order valence-corrected chi connectivity index (χ2v) is 7.70. The van der Waals surface area contributed by atoms with Crippen molar-refractivity contribution in [3.05, 3.63) is 24.0 Å². The van der Waals surface area contributed by atoms with Gasteiger partial charge in [0.1, 0.15) is 16.8 Å². The van der Waals surface area contributed by atoms with Crippen molar-refractivity contribution in [2.24, 2.45) is 5.73 Å². The fourth-order valence-electron chi connectivity index (χ4n) is 1.74. The fraction of sp³-hybridized carbons (Fsp3) is 0.500. The molecule has 1 unspecified atom stereocenters. The maximum atomic E-state index is 13.9. The number of hydrogen-bond donors (Lipinski definition) is 3. The van der Waals surface area contributed by atoms with Crippen molar-refractivity contribution in [1.82, 2.24) is 4.72 Å². The molecule has 0 spiro atoms. The first-order valence-electron chi connectivity index (χ1n) is 6.85. The molecule has 7 nitrogen and oxygen atoms in total. The quantitative estimate of drug-likeness (QED) is 0.684. The zero-order valence-corrected chi connectivity index (χ0v) is 15.6. The van der Waals surface area contributed by atoms with Crippen LogP contribution < -0.4 is 15.8 Å². The van der Waals surface area contributed by atoms with Crippen LogP contribution in [0.1, 0.15) is 20.8 Å². The van der Waals surface area contributed by atoms with Gasteiger partial charge in [0.05, 0.1) is 6.61 Å². The summed E-state index contributed by atoms with van der Waals surface area (Å²) in [5, 5.41) is 2.43. The summed E-state index contributed by atoms with van der Waals surface area (Å²) in [4.78, 5) is 11.3. The van der Waals surface area contributed by atoms with Gasteiger partial charge in [0, 0.05) is 18.3 Å². The number of methoxy groups -OCH3 is 1. The number of rotatable bonds is 6. The van der Waals surface area contributed by atoms with Crippen LogP contribution in [0.5, 0.6) is 0 Å². The predicted octanol–water partition coefficient (Wildman–Crippen LogP) is 1.24. The van der Waals surface area contributed by atoms with E-state index in [2.05, 4.69) is 10.0 Å². The summed E-state index contributed by atoms with van der Waals surface area (Å²) in [6, 6.07) is 2.34. The Morgan fingerprint density at radius 2 is 1.96 bits per heavy atom. The molecule has 1 aromatic carbocycles. The molecular formula is C14H23ClFN3O4S. The lowest BCUT2D eigenvalue weighted by Gasteiger charge is -2.21. The van der Waals surface area contributed by atoms with Crippen LogP contribution in [-0.2, 0) is 19.6 Å². The highest BCUT2D eigenvalue weighted by molar-refractivity contribution is 7.89. The van der Waals surface area contributed by atoms with E-state index < -0.39 is 38.2 Å². The Kier molecular flexibility index (Phi) is 8.27. The van der Waals surface area contributed by atoms with E-state index in [4.69, 9.17) is 10.5 Å². The van der Waals surface area contributed by atoms with Gasteiger partial charge >= 0.3 is 0 Å². The summed E-state index contributed by atoms with van der Waals surface area (Å²) in [7, 11) is -2.67. The normalized spacial score (nSPS) is 13.1. The third-order valence-corrected chi connectivity index (χ3v) is 4.38. The summed E-state index contributed by atoms with van der Waals surface area (Å²) >= 11 is 0. The van der Waals surface area contributed by atoms with E-state index >= 15 is 0 Å². The molecule has 0 aromatic heterocycles. The van der Waals surface area contributed by atoms with E-state index in [0.29, 0.717) is 0 Å². The molecule has 138 valence electrons. The maximum Gasteiger partial charge on any atom is 0.244 e. The Bertz CT molecular complexity index is 677. The molecule has 0 heterocycles. The van der Waals surface area contributed by atoms with Crippen LogP contribution in [0, 0.1) is 5.82 Å². The molecule has 10 heteroatoms. The van der Waals surface area contributed by atoms with Gasteiger partial charge in [0.15, 0.2) is 0 Å². The number of nitrogens with two attached hydrogens (primary N) is 1. The highest BCUT2D eigenvalue weighted by Crippen LogP contribution is 2.21. The standard InChI is InChI=1S/C14H22FN3O4S.ClH/c1-14(2,3)18-23(20,21)12-7-9(5-6-10(12)15)17-13(19)11(16)8-22-4;/h5-7,11,18H,8,16H2,1-4H3,(H,17,19);1H. The summed E-state index contributed by atoms with van der Waals surface area (Å²) in [6.45, 7) is 4.91. The molecule has 1 atom stereocenters. The Morgan fingerprint density at radius 3 is 2.46 bits per heavy atom. The molecule has 0 aliphatic rings. The first-order valence-corrected chi connectivity index (χ1v) is 8.33. The van der Waals surface area contributed by atoms with Crippen LogP contribution >= 0.6 is 12.4 Å². The van der Waals surface area contributed by atoms with Crippen molar-refractivity contribution in [2.45, 2.75) is 37.2 Å². The largest absolute Gasteiger partial charge is 0.383 e. The van der Waals surface area contributed by atoms with E-state index in [1.807, 2.05) is 0 Å². The average Bonchev–Trinajstić information content (AvgIpc) is 2.38. The number of benzene rings is 1. The van der Waals surface area contributed by atoms with Crippen LogP contribution in [0.3, 0.4) is 0 Å². The third-order valence-electron chi connectivity index (χ3n) is 2.61. The smallest absolute Gasteiger partial charge is 0.244 e. The van der Waals surface area contributed by atoms with E-state index in [1.54, 1.807) is 20.8 Å². The number of hydrogen-bond acceptors (Lipinski definition) is 5. The number of carbonyl (C=O) groups excluding carboxylic acids is 1. The summed E-state index contributed by atoms with van der Waals surface area (Å²) in [5.74, 6) is -1.48. The fourth-order valence-corrected chi connectivity index (χ4v) is 3.26. The van der Waals surface area contributed by atoms with E-state index in [0.717, 1.165) is 12.1 Å². The Balaban J connectivity index is 0.00000529. The van der Waals surface area contributed by atoms with Crippen LogP contribution in [0.4, 0.5) is 10.1 Å². The molecule has 0 bridgehead atoms. The third kappa shape index (κ3) is 6.70. The molecule has 0 saturated carbocycles. The Hall–Kier alpha value is -1.26. The number of sulfonamides is 1. The average molecular weight is 384 g/mol. The van der Waals surface area contributed by atoms with Gasteiger partial charge in [0.25, 0.3) is 0 Å². The number of carbonyl (C=O) groups is 1. The number of amides is 1. The van der Waals surface area contributed by atoms with Crippen LogP contribution in [0.25, 0.3) is 0 Å². The second-order valence-electron chi connectivity index (χ2n) is 6.05. The lowest BCUT2D eigenvalue weighted by Crippen LogP contribution is -2.41. The molecule has 1 rings (SSSR count). The maximum absolute atomic E-state index is 13.9. The molecule has 0 saturated heterocycles. The van der Waals surface area contributed by atoms with Crippen LogP contribution in [0.2, 0.25) is 0 Å². The van der Waals surface area contributed by atoms with E-state index in [9.17, 15) is 17.6 Å². The summed E-state index contributed by atoms with van der Waals surface area (Å²) in [6.07, 6.45) is 0. The first-order chi connectivity index (χ1) is 10.5. The second kappa shape index (κ2) is 8.72. The van der Waals surface area contributed by atoms with Gasteiger partial charge in [-0.1, -0.05) is 0 Å². The molecule has 0 radical (unpaired) electrons. The lowest BCUT2D eigenvalue weighted by atomic mass is 10.1. The number of halogens is 2. The van der Waals surface area contributed by atoms with Crippen molar-refractivity contribution < 1.29 is 22.3 Å². The Labute approximate surface area is 147 Å². The monoisotopic (exact) mass is 383 g/mol. The van der Waals surface area contributed by atoms with Gasteiger partial charge in [-0.3, -0.25) is 4.79 Å². The summed E-state index contributed by atoms with van der Waals surface area (Å²) < 4.78 is 45.5. The Morgan fingerprint density at radius 1 is 1.38 bits per heavy atom. The predicted molar refractivity (Wildman–Crippen MR) is 92.2 cm³/mol. The topological polar surface area (TPSA) is 111 Å². The zero-order valence-electron chi connectivity index (χ0n) is 13.9. The molecule has 24 heavy (non-hydrogen) atoms. The minimum absolute atomic E-state index is 0. The molecule has 0 aliphatic heterocycles. The molecule has 1 aromatic rings. The minimum atomic E-state index is -4.07. The van der Waals surface area contributed by atoms with Crippen molar-refractivity contribution in [3.63, 3.8) is 0 Å². The minimum Gasteiger partial charge on any atom is -0.383 e. The van der Waals surface area contributed by atoms with E-state index in [-0.39, 0.29) is 24.7 Å². The van der Waals surface area contributed by atoms with Crippen molar-refractivity contribution in [2.75, 3.05) is 19.0 Å². The molecule has 1 amide bonds. The number of anilines is 1. The molecule has 0 aliphatic carbocycles. The van der Waals surface area contributed by atoms with Crippen molar-refractivity contribution in [3.8, 4) is 0 Å². The summed E-state index contributed by atoms with van der Waals surface area (Å²) in [5.41, 5.74) is 4.92. The highest BCUT2D eigenvalue weighted by atomic mass is 35.5. The van der Waals surface area contributed by atoms with Crippen molar-refractivity contribution >= 4 is 34.0 Å². The van der Waals surface area contributed by atoms with Gasteiger partial charge in [-0.05, 0) is 39.0 Å². The highest BCUT2D eigenvalue weighted by Gasteiger charge is 2.25. The van der Waals surface area contributed by atoms with Gasteiger partial charge in [-0.25, -0.2) is 17.5 Å². The van der Waals surface area contributed by atoms with Gasteiger partial charge < -0.3 is 15.8 Å². The molecule has 4 N–H and O–H groups in total. The zero-order chi connectivity index (χ0) is 17.8. The first kappa shape index (κ1) is 22.7. The van der Waals surface area contributed by atoms with E-state index in [1.165, 1.54) is 13.2 Å². The SMILES string of the molecule is COCC(N)C(=O)Nc1ccc(F)c(S(=O)(=O)NC(C)(C)C)c1.Cl.